The van der Waals surface area contributed by atoms with E-state index in [0.29, 0.717) is 6.42 Å². The number of hydrogen-bond donors (Lipinski definition) is 2. The van der Waals surface area contributed by atoms with Gasteiger partial charge in [-0.1, -0.05) is 45.8 Å². The molecule has 0 amide bonds. The van der Waals surface area contributed by atoms with Gasteiger partial charge in [-0.25, -0.2) is 9.59 Å². The summed E-state index contributed by atoms with van der Waals surface area (Å²) in [7, 11) is 0. The van der Waals surface area contributed by atoms with E-state index in [1.54, 1.807) is 0 Å². The highest BCUT2D eigenvalue weighted by atomic mass is 19.3. The highest BCUT2D eigenvalue weighted by Crippen LogP contribution is 2.50. The maximum absolute atomic E-state index is 14.3. The highest BCUT2D eigenvalue weighted by Gasteiger charge is 2.70. The largest absolute Gasteiger partial charge is 0.462 e. The van der Waals surface area contributed by atoms with Crippen molar-refractivity contribution in [3.63, 3.8) is 0 Å². The molecule has 0 fully saturated rings. The van der Waals surface area contributed by atoms with Gasteiger partial charge in [0.15, 0.2) is 0 Å². The summed E-state index contributed by atoms with van der Waals surface area (Å²) in [6, 6.07) is 0. The highest BCUT2D eigenvalue weighted by molar-refractivity contribution is 5.87. The van der Waals surface area contributed by atoms with Gasteiger partial charge in [-0.2, -0.15) is 26.3 Å². The fourth-order valence-electron chi connectivity index (χ4n) is 3.59. The van der Waals surface area contributed by atoms with Crippen LogP contribution in [0.5, 0.6) is 0 Å². The Morgan fingerprint density at radius 3 is 1.74 bits per heavy atom. The van der Waals surface area contributed by atoms with Crippen molar-refractivity contribution >= 4 is 11.9 Å². The summed E-state index contributed by atoms with van der Waals surface area (Å²) in [6.45, 7) is 8.38. The molecule has 0 aliphatic heterocycles. The van der Waals surface area contributed by atoms with E-state index in [1.807, 2.05) is 6.92 Å². The van der Waals surface area contributed by atoms with Gasteiger partial charge in [-0.3, -0.25) is 0 Å². The van der Waals surface area contributed by atoms with Gasteiger partial charge in [-0.05, 0) is 32.6 Å². The molecule has 0 radical (unpaired) electrons. The molecule has 0 heterocycles. The lowest BCUT2D eigenvalue weighted by molar-refractivity contribution is -0.312. The maximum atomic E-state index is 14.3. The summed E-state index contributed by atoms with van der Waals surface area (Å²) in [5.41, 5.74) is -0.0647. The Balaban J connectivity index is 5.18. The molecule has 0 aromatic rings. The van der Waals surface area contributed by atoms with Crippen molar-refractivity contribution in [1.29, 1.82) is 0 Å². The van der Waals surface area contributed by atoms with Crippen LogP contribution < -0.4 is 0 Å². The number of ether oxygens (including phenoxy) is 2. The molecule has 2 N–H and O–H groups in total. The number of unbranched alkanes of at least 4 members (excludes halogenated alkanes) is 4. The first-order valence-corrected chi connectivity index (χ1v) is 13.1. The summed E-state index contributed by atoms with van der Waals surface area (Å²) in [6.07, 6.45) is -1.95. The van der Waals surface area contributed by atoms with E-state index in [-0.39, 0.29) is 36.8 Å². The molecular formula is C27H42F6O6. The van der Waals surface area contributed by atoms with Crippen molar-refractivity contribution in [3.05, 3.63) is 24.3 Å². The number of esters is 2. The van der Waals surface area contributed by atoms with Gasteiger partial charge >= 0.3 is 29.7 Å². The first kappa shape index (κ1) is 36.9. The summed E-state index contributed by atoms with van der Waals surface area (Å²) in [4.78, 5) is 23.9. The maximum Gasteiger partial charge on any atom is 0.371 e. The van der Waals surface area contributed by atoms with Crippen LogP contribution in [0.15, 0.2) is 24.3 Å². The monoisotopic (exact) mass is 576 g/mol. The molecule has 1 unspecified atom stereocenters. The number of hydrogen-bond acceptors (Lipinski definition) is 6. The summed E-state index contributed by atoms with van der Waals surface area (Å²) >= 11 is 0. The van der Waals surface area contributed by atoms with E-state index in [4.69, 9.17) is 19.7 Å². The van der Waals surface area contributed by atoms with Gasteiger partial charge in [0.2, 0.25) is 0 Å². The standard InChI is InChI=1S/C27H42F6O6/c1-5-6-7-8-9-12-25(28,29)27(32,33)26(30,31)13-10-11-21(17-38-23(36)19(2)3)18-39-24(37)20(4)14-22(15-34)16-35/h21-22,34-35H,2,4-18H2,1,3H3. The fraction of sp³-hybridized carbons (Fsp3) is 0.778. The van der Waals surface area contributed by atoms with Gasteiger partial charge in [-0.15, -0.1) is 0 Å². The lowest BCUT2D eigenvalue weighted by Gasteiger charge is -2.33. The predicted molar refractivity (Wildman–Crippen MR) is 134 cm³/mol. The first-order chi connectivity index (χ1) is 18.1. The van der Waals surface area contributed by atoms with Crippen LogP contribution in [0.1, 0.15) is 78.1 Å². The molecule has 0 rings (SSSR count). The van der Waals surface area contributed by atoms with Crippen LogP contribution in [0.3, 0.4) is 0 Å². The van der Waals surface area contributed by atoms with E-state index in [0.717, 1.165) is 12.8 Å². The molecular weight excluding hydrogens is 534 g/mol. The van der Waals surface area contributed by atoms with Crippen LogP contribution in [-0.2, 0) is 19.1 Å². The molecule has 12 heteroatoms. The number of aliphatic hydroxyl groups excluding tert-OH is 2. The minimum absolute atomic E-state index is 0.0290. The van der Waals surface area contributed by atoms with Crippen LogP contribution in [-0.4, -0.2) is 66.3 Å². The van der Waals surface area contributed by atoms with Crippen LogP contribution in [0.4, 0.5) is 26.3 Å². The molecule has 0 saturated carbocycles. The Kier molecular flexibility index (Phi) is 16.6. The van der Waals surface area contributed by atoms with Crippen molar-refractivity contribution in [2.24, 2.45) is 11.8 Å². The van der Waals surface area contributed by atoms with Gasteiger partial charge < -0.3 is 19.7 Å². The molecule has 0 aliphatic rings. The Bertz CT molecular complexity index is 783. The summed E-state index contributed by atoms with van der Waals surface area (Å²) in [5.74, 6) is -18.8. The van der Waals surface area contributed by atoms with Gasteiger partial charge in [0, 0.05) is 49.0 Å². The normalized spacial score (nSPS) is 13.3. The van der Waals surface area contributed by atoms with Crippen LogP contribution in [0.25, 0.3) is 0 Å². The number of rotatable bonds is 22. The van der Waals surface area contributed by atoms with E-state index in [9.17, 15) is 35.9 Å². The molecule has 228 valence electrons. The minimum atomic E-state index is -5.56. The molecule has 0 aromatic heterocycles. The predicted octanol–water partition coefficient (Wildman–Crippen LogP) is 6.25. The molecule has 6 nitrogen and oxygen atoms in total. The summed E-state index contributed by atoms with van der Waals surface area (Å²) < 4.78 is 95.4. The minimum Gasteiger partial charge on any atom is -0.462 e. The second-order valence-electron chi connectivity index (χ2n) is 9.92. The van der Waals surface area contributed by atoms with E-state index in [2.05, 4.69) is 13.2 Å². The molecule has 1 atom stereocenters. The van der Waals surface area contributed by atoms with Crippen molar-refractivity contribution in [1.82, 2.24) is 0 Å². The van der Waals surface area contributed by atoms with Crippen LogP contribution >= 0.6 is 0 Å². The Hall–Kier alpha value is -2.08. The fourth-order valence-corrected chi connectivity index (χ4v) is 3.59. The summed E-state index contributed by atoms with van der Waals surface area (Å²) in [5, 5.41) is 18.2. The quantitative estimate of drug-likeness (QED) is 0.0685. The van der Waals surface area contributed by atoms with Gasteiger partial charge in [0.25, 0.3) is 0 Å². The molecule has 0 saturated heterocycles. The average molecular weight is 577 g/mol. The number of aliphatic hydroxyl groups is 2. The smallest absolute Gasteiger partial charge is 0.371 e. The first-order valence-electron chi connectivity index (χ1n) is 13.1. The van der Waals surface area contributed by atoms with Crippen molar-refractivity contribution < 1.29 is 55.6 Å². The van der Waals surface area contributed by atoms with Gasteiger partial charge in [0.05, 0.1) is 13.2 Å². The third-order valence-electron chi connectivity index (χ3n) is 6.21. The third kappa shape index (κ3) is 12.8. The van der Waals surface area contributed by atoms with E-state index >= 15 is 0 Å². The lowest BCUT2D eigenvalue weighted by atomic mass is 9.93. The molecule has 39 heavy (non-hydrogen) atoms. The van der Waals surface area contributed by atoms with E-state index < -0.39 is 87.2 Å². The van der Waals surface area contributed by atoms with Gasteiger partial charge in [0.1, 0.15) is 0 Å². The van der Waals surface area contributed by atoms with E-state index in [1.165, 1.54) is 6.92 Å². The zero-order chi connectivity index (χ0) is 30.3. The number of carbonyl (C=O) groups is 2. The Morgan fingerprint density at radius 1 is 0.769 bits per heavy atom. The van der Waals surface area contributed by atoms with Crippen molar-refractivity contribution in [3.8, 4) is 0 Å². The Labute approximate surface area is 226 Å². The molecule has 0 spiro atoms. The zero-order valence-electron chi connectivity index (χ0n) is 22.8. The van der Waals surface area contributed by atoms with Crippen molar-refractivity contribution in [2.75, 3.05) is 26.4 Å². The van der Waals surface area contributed by atoms with Crippen LogP contribution in [0, 0.1) is 11.8 Å². The molecule has 0 aromatic carbocycles. The second-order valence-corrected chi connectivity index (χ2v) is 9.92. The van der Waals surface area contributed by atoms with Crippen LogP contribution in [0.2, 0.25) is 0 Å². The zero-order valence-corrected chi connectivity index (χ0v) is 22.8. The SMILES string of the molecule is C=C(C)C(=O)OCC(CCCC(F)(F)C(F)(F)C(F)(F)CCCCCCC)COC(=O)C(=C)CC(CO)CO. The number of carbonyl (C=O) groups excluding carboxylic acids is 2. The second kappa shape index (κ2) is 17.6. The molecule has 0 aliphatic carbocycles. The average Bonchev–Trinajstić information content (AvgIpc) is 2.87. The number of halogens is 6. The van der Waals surface area contributed by atoms with Crippen molar-refractivity contribution in [2.45, 2.75) is 95.8 Å². The number of alkyl halides is 6. The lowest BCUT2D eigenvalue weighted by Crippen LogP contribution is -2.54. The topological polar surface area (TPSA) is 93.1 Å². The third-order valence-corrected chi connectivity index (χ3v) is 6.21. The Morgan fingerprint density at radius 2 is 1.26 bits per heavy atom. The molecule has 0 bridgehead atoms.